The second-order valence-electron chi connectivity index (χ2n) is 7.18. The van der Waals surface area contributed by atoms with Crippen LogP contribution in [-0.4, -0.2) is 54.3 Å². The Morgan fingerprint density at radius 1 is 1.00 bits per heavy atom. The molecule has 0 bridgehead atoms. The third kappa shape index (κ3) is 4.68. The molecule has 0 unspecified atom stereocenters. The third-order valence-electron chi connectivity index (χ3n) is 5.30. The van der Waals surface area contributed by atoms with Crippen molar-refractivity contribution in [2.75, 3.05) is 32.7 Å². The van der Waals surface area contributed by atoms with Crippen molar-refractivity contribution in [2.24, 2.45) is 5.73 Å². The normalized spacial score (nSPS) is 14.7. The summed E-state index contributed by atoms with van der Waals surface area (Å²) in [6.45, 7) is 5.26. The molecule has 1 aliphatic rings. The Kier molecular flexibility index (Phi) is 6.85. The molecule has 0 atom stereocenters. The van der Waals surface area contributed by atoms with Gasteiger partial charge in [0.1, 0.15) is 0 Å². The minimum atomic E-state index is 0.0996. The lowest BCUT2D eigenvalue weighted by Gasteiger charge is -2.34. The number of benzene rings is 1. The Balaban J connectivity index is 1.51. The molecule has 1 fully saturated rings. The molecule has 1 aliphatic heterocycles. The number of nitrogens with two attached hydrogens (primary N) is 1. The van der Waals surface area contributed by atoms with Crippen LogP contribution in [0.5, 0.6) is 0 Å². The fourth-order valence-corrected chi connectivity index (χ4v) is 4.79. The fraction of sp³-hybridized carbons (Fsp3) is 0.524. The van der Waals surface area contributed by atoms with Gasteiger partial charge < -0.3 is 15.5 Å². The molecule has 0 radical (unpaired) electrons. The molecular weight excluding hydrogens is 358 g/mol. The van der Waals surface area contributed by atoms with Crippen molar-refractivity contribution >= 4 is 33.2 Å². The van der Waals surface area contributed by atoms with Crippen LogP contribution < -0.4 is 5.73 Å². The average Bonchev–Trinajstić information content (AvgIpc) is 3.04. The lowest BCUT2D eigenvalue weighted by atomic mass is 10.1. The molecule has 5 nitrogen and oxygen atoms in total. The number of hydrogen-bond acceptors (Lipinski definition) is 4. The van der Waals surface area contributed by atoms with Gasteiger partial charge in [0.25, 0.3) is 5.91 Å². The first-order chi connectivity index (χ1) is 13.1. The Hall–Kier alpha value is -1.92. The Morgan fingerprint density at radius 2 is 1.67 bits per heavy atom. The van der Waals surface area contributed by atoms with Gasteiger partial charge in [-0.05, 0) is 43.3 Å². The first-order valence-corrected chi connectivity index (χ1v) is 10.7. The van der Waals surface area contributed by atoms with Gasteiger partial charge in [-0.2, -0.15) is 0 Å². The molecule has 3 rings (SSSR count). The maximum Gasteiger partial charge on any atom is 0.264 e. The van der Waals surface area contributed by atoms with Crippen molar-refractivity contribution in [3.05, 3.63) is 34.7 Å². The fourth-order valence-electron chi connectivity index (χ4n) is 3.61. The van der Waals surface area contributed by atoms with Crippen LogP contribution in [0.15, 0.2) is 24.3 Å². The summed E-state index contributed by atoms with van der Waals surface area (Å²) >= 11 is 1.57. The number of amides is 2. The highest BCUT2D eigenvalue weighted by Crippen LogP contribution is 2.31. The van der Waals surface area contributed by atoms with Gasteiger partial charge in [0, 0.05) is 37.3 Å². The lowest BCUT2D eigenvalue weighted by Crippen LogP contribution is -2.50. The second-order valence-corrected chi connectivity index (χ2v) is 8.23. The van der Waals surface area contributed by atoms with E-state index in [2.05, 4.69) is 12.1 Å². The number of carbonyl (C=O) groups is 2. The lowest BCUT2D eigenvalue weighted by molar-refractivity contribution is -0.132. The number of piperazine rings is 1. The van der Waals surface area contributed by atoms with E-state index in [1.54, 1.807) is 11.3 Å². The second kappa shape index (κ2) is 9.33. The molecule has 27 heavy (non-hydrogen) atoms. The minimum absolute atomic E-state index is 0.0996. The molecular formula is C21H29N3O2S. The van der Waals surface area contributed by atoms with Gasteiger partial charge >= 0.3 is 0 Å². The number of hydrogen-bond donors (Lipinski definition) is 1. The SMILES string of the molecule is Cc1c(C(=O)N2CCN(C(=O)CCCCCCN)CC2)sc2ccccc12. The molecule has 0 aliphatic carbocycles. The molecule has 146 valence electrons. The molecule has 2 aromatic rings. The third-order valence-corrected chi connectivity index (χ3v) is 6.56. The summed E-state index contributed by atoms with van der Waals surface area (Å²) in [6.07, 6.45) is 4.73. The van der Waals surface area contributed by atoms with Crippen molar-refractivity contribution in [2.45, 2.75) is 39.0 Å². The molecule has 1 aromatic carbocycles. The molecule has 1 saturated heterocycles. The van der Waals surface area contributed by atoms with Crippen molar-refractivity contribution in [1.82, 2.24) is 9.80 Å². The molecule has 2 amide bonds. The van der Waals surface area contributed by atoms with Crippen LogP contribution in [0.1, 0.15) is 47.3 Å². The van der Waals surface area contributed by atoms with E-state index in [4.69, 9.17) is 5.73 Å². The predicted octanol–water partition coefficient (Wildman–Crippen LogP) is 3.40. The van der Waals surface area contributed by atoms with Crippen LogP contribution in [0.2, 0.25) is 0 Å². The monoisotopic (exact) mass is 387 g/mol. The number of nitrogens with zero attached hydrogens (tertiary/aromatic N) is 2. The van der Waals surface area contributed by atoms with Crippen LogP contribution in [-0.2, 0) is 4.79 Å². The topological polar surface area (TPSA) is 66.6 Å². The highest BCUT2D eigenvalue weighted by molar-refractivity contribution is 7.21. The summed E-state index contributed by atoms with van der Waals surface area (Å²) in [6, 6.07) is 8.15. The highest BCUT2D eigenvalue weighted by Gasteiger charge is 2.26. The van der Waals surface area contributed by atoms with Gasteiger partial charge in [-0.15, -0.1) is 11.3 Å². The van der Waals surface area contributed by atoms with Crippen LogP contribution in [0.3, 0.4) is 0 Å². The van der Waals surface area contributed by atoms with Crippen molar-refractivity contribution in [1.29, 1.82) is 0 Å². The van der Waals surface area contributed by atoms with E-state index in [1.165, 1.54) is 0 Å². The number of fused-ring (bicyclic) bond motifs is 1. The maximum absolute atomic E-state index is 13.0. The van der Waals surface area contributed by atoms with Gasteiger partial charge in [0.15, 0.2) is 0 Å². The molecule has 2 heterocycles. The standard InChI is InChI=1S/C21H29N3O2S/c1-16-17-8-5-6-9-18(17)27-20(16)21(26)24-14-12-23(13-15-24)19(25)10-4-2-3-7-11-22/h5-6,8-9H,2-4,7,10-15,22H2,1H3. The summed E-state index contributed by atoms with van der Waals surface area (Å²) in [4.78, 5) is 29.9. The molecule has 0 saturated carbocycles. The van der Waals surface area contributed by atoms with Crippen molar-refractivity contribution in [3.63, 3.8) is 0 Å². The van der Waals surface area contributed by atoms with Crippen LogP contribution >= 0.6 is 11.3 Å². The zero-order valence-electron chi connectivity index (χ0n) is 16.1. The zero-order chi connectivity index (χ0) is 19.2. The minimum Gasteiger partial charge on any atom is -0.339 e. The summed E-state index contributed by atoms with van der Waals surface area (Å²) in [7, 11) is 0. The molecule has 6 heteroatoms. The zero-order valence-corrected chi connectivity index (χ0v) is 16.9. The van der Waals surface area contributed by atoms with E-state index in [0.717, 1.165) is 52.8 Å². The van der Waals surface area contributed by atoms with Crippen molar-refractivity contribution in [3.8, 4) is 0 Å². The van der Waals surface area contributed by atoms with E-state index in [0.29, 0.717) is 32.6 Å². The molecule has 1 aromatic heterocycles. The van der Waals surface area contributed by atoms with Crippen molar-refractivity contribution < 1.29 is 9.59 Å². The number of thiophene rings is 1. The van der Waals surface area contributed by atoms with E-state index < -0.39 is 0 Å². The van der Waals surface area contributed by atoms with Gasteiger partial charge in [0.2, 0.25) is 5.91 Å². The van der Waals surface area contributed by atoms with Crippen LogP contribution in [0, 0.1) is 6.92 Å². The predicted molar refractivity (Wildman–Crippen MR) is 111 cm³/mol. The van der Waals surface area contributed by atoms with Gasteiger partial charge in [-0.1, -0.05) is 31.0 Å². The maximum atomic E-state index is 13.0. The van der Waals surface area contributed by atoms with Crippen LogP contribution in [0.25, 0.3) is 10.1 Å². The first-order valence-electron chi connectivity index (χ1n) is 9.87. The summed E-state index contributed by atoms with van der Waals surface area (Å²) in [5, 5.41) is 1.16. The Bertz CT molecular complexity index is 794. The smallest absolute Gasteiger partial charge is 0.264 e. The van der Waals surface area contributed by atoms with E-state index in [-0.39, 0.29) is 11.8 Å². The van der Waals surface area contributed by atoms with Gasteiger partial charge in [-0.3, -0.25) is 9.59 Å². The summed E-state index contributed by atoms with van der Waals surface area (Å²) in [5.74, 6) is 0.315. The Labute approximate surface area is 165 Å². The van der Waals surface area contributed by atoms with E-state index in [9.17, 15) is 9.59 Å². The number of aryl methyl sites for hydroxylation is 1. The van der Waals surface area contributed by atoms with Gasteiger partial charge in [-0.25, -0.2) is 0 Å². The molecule has 0 spiro atoms. The first kappa shape index (κ1) is 19.8. The number of rotatable bonds is 7. The highest BCUT2D eigenvalue weighted by atomic mass is 32.1. The quantitative estimate of drug-likeness (QED) is 0.741. The van der Waals surface area contributed by atoms with Gasteiger partial charge in [0.05, 0.1) is 4.88 Å². The summed E-state index contributed by atoms with van der Waals surface area (Å²) in [5.41, 5.74) is 6.56. The largest absolute Gasteiger partial charge is 0.339 e. The number of carbonyl (C=O) groups excluding carboxylic acids is 2. The Morgan fingerprint density at radius 3 is 2.37 bits per heavy atom. The molecule has 2 N–H and O–H groups in total. The summed E-state index contributed by atoms with van der Waals surface area (Å²) < 4.78 is 1.15. The average molecular weight is 388 g/mol. The van der Waals surface area contributed by atoms with Crippen LogP contribution in [0.4, 0.5) is 0 Å². The number of unbranched alkanes of at least 4 members (excludes halogenated alkanes) is 3. The van der Waals surface area contributed by atoms with E-state index >= 15 is 0 Å². The van der Waals surface area contributed by atoms with E-state index in [1.807, 2.05) is 28.9 Å².